The molecule has 0 aliphatic carbocycles. The maximum Gasteiger partial charge on any atom is 0.229 e. The minimum Gasteiger partial charge on any atom is -0.497 e. The monoisotopic (exact) mass is 479 g/mol. The zero-order valence-electron chi connectivity index (χ0n) is 18.8. The predicted molar refractivity (Wildman–Crippen MR) is 135 cm³/mol. The second-order valence-corrected chi connectivity index (χ2v) is 9.48. The summed E-state index contributed by atoms with van der Waals surface area (Å²) in [5.74, 6) is 2.20. The minimum atomic E-state index is 0.0114. The van der Waals surface area contributed by atoms with Crippen LogP contribution in [0.4, 0.5) is 5.13 Å². The quantitative estimate of drug-likeness (QED) is 0.286. The molecule has 0 bridgehead atoms. The van der Waals surface area contributed by atoms with Gasteiger partial charge in [-0.25, -0.2) is 4.98 Å². The lowest BCUT2D eigenvalue weighted by Gasteiger charge is -2.19. The Balaban J connectivity index is 1.56. The molecule has 1 amide bonds. The number of hydrogen-bond donors (Lipinski definition) is 0. The van der Waals surface area contributed by atoms with Gasteiger partial charge in [0, 0.05) is 23.3 Å². The van der Waals surface area contributed by atoms with Crippen LogP contribution in [-0.4, -0.2) is 35.8 Å². The van der Waals surface area contributed by atoms with Crippen molar-refractivity contribution >= 4 is 44.4 Å². The topological polar surface area (TPSA) is 64.5 Å². The van der Waals surface area contributed by atoms with Crippen LogP contribution in [0.3, 0.4) is 0 Å². The number of thiazole rings is 1. The zero-order valence-corrected chi connectivity index (χ0v) is 20.4. The van der Waals surface area contributed by atoms with Crippen molar-refractivity contribution in [2.75, 3.05) is 24.9 Å². The van der Waals surface area contributed by atoms with Crippen molar-refractivity contribution in [3.63, 3.8) is 0 Å². The molecular formula is C25H25N3O3S2. The van der Waals surface area contributed by atoms with Crippen molar-refractivity contribution in [1.29, 1.82) is 0 Å². The van der Waals surface area contributed by atoms with E-state index in [4.69, 9.17) is 14.5 Å². The number of nitrogens with zero attached hydrogens (tertiary/aromatic N) is 3. The Morgan fingerprint density at radius 2 is 1.88 bits per heavy atom. The fourth-order valence-electron chi connectivity index (χ4n) is 3.36. The number of rotatable bonds is 9. The molecular weight excluding hydrogens is 454 g/mol. The van der Waals surface area contributed by atoms with Gasteiger partial charge in [0.05, 0.1) is 31.2 Å². The number of amides is 1. The van der Waals surface area contributed by atoms with E-state index < -0.39 is 0 Å². The average Bonchev–Trinajstić information content (AvgIpc) is 3.30. The summed E-state index contributed by atoms with van der Waals surface area (Å²) in [4.78, 5) is 25.4. The third-order valence-corrected chi connectivity index (χ3v) is 7.36. The summed E-state index contributed by atoms with van der Waals surface area (Å²) >= 11 is 3.15. The molecule has 4 rings (SSSR count). The van der Waals surface area contributed by atoms with Gasteiger partial charge in [0.25, 0.3) is 0 Å². The van der Waals surface area contributed by atoms with Crippen LogP contribution in [0.2, 0.25) is 0 Å². The highest BCUT2D eigenvalue weighted by atomic mass is 32.2. The number of carbonyl (C=O) groups is 1. The first-order valence-electron chi connectivity index (χ1n) is 10.5. The highest BCUT2D eigenvalue weighted by molar-refractivity contribution is 7.99. The molecule has 33 heavy (non-hydrogen) atoms. The van der Waals surface area contributed by atoms with Gasteiger partial charge in [0.1, 0.15) is 17.0 Å². The summed E-state index contributed by atoms with van der Waals surface area (Å²) in [6.07, 6.45) is 2.12. The number of aromatic nitrogens is 2. The molecule has 2 aromatic heterocycles. The Hall–Kier alpha value is -3.10. The molecule has 0 N–H and O–H groups in total. The van der Waals surface area contributed by atoms with Gasteiger partial charge in [-0.15, -0.1) is 11.8 Å². The van der Waals surface area contributed by atoms with E-state index in [2.05, 4.69) is 4.98 Å². The fourth-order valence-corrected chi connectivity index (χ4v) is 5.27. The van der Waals surface area contributed by atoms with Crippen molar-refractivity contribution in [2.24, 2.45) is 0 Å². The number of aryl methyl sites for hydroxylation is 1. The first-order valence-corrected chi connectivity index (χ1v) is 12.3. The Morgan fingerprint density at radius 3 is 2.58 bits per heavy atom. The summed E-state index contributed by atoms with van der Waals surface area (Å²) in [5, 5.41) is 0.655. The molecule has 0 unspecified atom stereocenters. The lowest BCUT2D eigenvalue weighted by molar-refractivity contribution is -0.118. The summed E-state index contributed by atoms with van der Waals surface area (Å²) in [6.45, 7) is 2.41. The molecule has 8 heteroatoms. The molecule has 0 radical (unpaired) electrons. The number of benzene rings is 2. The number of carbonyl (C=O) groups excluding carboxylic acids is 1. The van der Waals surface area contributed by atoms with E-state index in [0.29, 0.717) is 29.6 Å². The summed E-state index contributed by atoms with van der Waals surface area (Å²) < 4.78 is 11.7. The van der Waals surface area contributed by atoms with Crippen molar-refractivity contribution in [3.05, 3.63) is 72.1 Å². The lowest BCUT2D eigenvalue weighted by atomic mass is 10.2. The van der Waals surface area contributed by atoms with Crippen LogP contribution in [0.1, 0.15) is 17.7 Å². The van der Waals surface area contributed by atoms with Crippen LogP contribution < -0.4 is 14.4 Å². The average molecular weight is 480 g/mol. The van der Waals surface area contributed by atoms with Gasteiger partial charge >= 0.3 is 0 Å². The summed E-state index contributed by atoms with van der Waals surface area (Å²) in [7, 11) is 3.28. The van der Waals surface area contributed by atoms with Crippen LogP contribution in [0.25, 0.3) is 10.2 Å². The van der Waals surface area contributed by atoms with Crippen LogP contribution in [-0.2, 0) is 11.3 Å². The molecule has 4 aromatic rings. The van der Waals surface area contributed by atoms with E-state index in [1.807, 2.05) is 61.5 Å². The van der Waals surface area contributed by atoms with Gasteiger partial charge in [0.15, 0.2) is 5.13 Å². The number of anilines is 1. The third kappa shape index (κ3) is 5.46. The number of thioether (sulfide) groups is 1. The second-order valence-electron chi connectivity index (χ2n) is 7.33. The highest BCUT2D eigenvalue weighted by Gasteiger charge is 2.22. The lowest BCUT2D eigenvalue weighted by Crippen LogP contribution is -2.30. The first kappa shape index (κ1) is 23.1. The van der Waals surface area contributed by atoms with Crippen molar-refractivity contribution in [1.82, 2.24) is 9.97 Å². The molecule has 2 heterocycles. The molecule has 0 saturated heterocycles. The maximum absolute atomic E-state index is 13.4. The fraction of sp³-hybridized carbons (Fsp3) is 0.240. The number of fused-ring (bicyclic) bond motifs is 1. The van der Waals surface area contributed by atoms with Gasteiger partial charge in [-0.05, 0) is 55.0 Å². The molecule has 6 nitrogen and oxygen atoms in total. The molecule has 170 valence electrons. The third-order valence-electron chi connectivity index (χ3n) is 5.13. The Labute approximate surface area is 201 Å². The summed E-state index contributed by atoms with van der Waals surface area (Å²) in [5.41, 5.74) is 2.70. The van der Waals surface area contributed by atoms with Gasteiger partial charge in [0.2, 0.25) is 5.91 Å². The largest absolute Gasteiger partial charge is 0.497 e. The molecule has 0 spiro atoms. The number of pyridine rings is 1. The number of ether oxygens (including phenoxy) is 2. The van der Waals surface area contributed by atoms with Crippen LogP contribution in [0, 0.1) is 6.92 Å². The van der Waals surface area contributed by atoms with Gasteiger partial charge in [-0.3, -0.25) is 14.7 Å². The zero-order chi connectivity index (χ0) is 23.2. The van der Waals surface area contributed by atoms with E-state index >= 15 is 0 Å². The molecule has 0 saturated carbocycles. The Bertz CT molecular complexity index is 1230. The highest BCUT2D eigenvalue weighted by Crippen LogP contribution is 2.37. The van der Waals surface area contributed by atoms with Crippen molar-refractivity contribution < 1.29 is 14.3 Å². The van der Waals surface area contributed by atoms with Gasteiger partial charge in [-0.1, -0.05) is 23.5 Å². The molecule has 2 aromatic carbocycles. The number of methoxy groups -OCH3 is 2. The molecule has 0 atom stereocenters. The van der Waals surface area contributed by atoms with Crippen LogP contribution in [0.5, 0.6) is 11.5 Å². The van der Waals surface area contributed by atoms with Crippen molar-refractivity contribution in [2.45, 2.75) is 24.8 Å². The standard InChI is InChI=1S/C25H25N3O3S2/c1-17-7-12-21(31-3)23-24(17)33-25(27-23)28(16-18-6-4-5-14-26-18)22(29)13-15-32-20-10-8-19(30-2)9-11-20/h4-12,14H,13,15-16H2,1-3H3. The van der Waals surface area contributed by atoms with E-state index in [0.717, 1.165) is 32.1 Å². The number of hydrogen-bond acceptors (Lipinski definition) is 7. The normalized spacial score (nSPS) is 10.9. The van der Waals surface area contributed by atoms with Crippen LogP contribution in [0.15, 0.2) is 65.7 Å². The van der Waals surface area contributed by atoms with Crippen LogP contribution >= 0.6 is 23.1 Å². The van der Waals surface area contributed by atoms with Crippen molar-refractivity contribution in [3.8, 4) is 11.5 Å². The van der Waals surface area contributed by atoms with Gasteiger partial charge in [-0.2, -0.15) is 0 Å². The van der Waals surface area contributed by atoms with E-state index in [1.54, 1.807) is 37.1 Å². The first-order chi connectivity index (χ1) is 16.1. The SMILES string of the molecule is COc1ccc(SCCC(=O)N(Cc2ccccn2)c2nc3c(OC)ccc(C)c3s2)cc1. The molecule has 0 aliphatic heterocycles. The van der Waals surface area contributed by atoms with E-state index in [1.165, 1.54) is 11.3 Å². The predicted octanol–water partition coefficient (Wildman–Crippen LogP) is 5.73. The minimum absolute atomic E-state index is 0.0114. The molecule has 0 fully saturated rings. The van der Waals surface area contributed by atoms with E-state index in [-0.39, 0.29) is 5.91 Å². The Morgan fingerprint density at radius 1 is 1.06 bits per heavy atom. The molecule has 0 aliphatic rings. The van der Waals surface area contributed by atoms with E-state index in [9.17, 15) is 4.79 Å². The summed E-state index contributed by atoms with van der Waals surface area (Å²) in [6, 6.07) is 17.5. The Kier molecular flexibility index (Phi) is 7.47. The maximum atomic E-state index is 13.4. The smallest absolute Gasteiger partial charge is 0.229 e. The second kappa shape index (κ2) is 10.7. The van der Waals surface area contributed by atoms with Gasteiger partial charge < -0.3 is 9.47 Å².